The van der Waals surface area contributed by atoms with Crippen LogP contribution in [0.3, 0.4) is 0 Å². The summed E-state index contributed by atoms with van der Waals surface area (Å²) in [5, 5.41) is 10.7. The molecule has 27 heavy (non-hydrogen) atoms. The van der Waals surface area contributed by atoms with Gasteiger partial charge in [0, 0.05) is 0 Å². The number of rotatable bonds is 6. The van der Waals surface area contributed by atoms with Gasteiger partial charge in [-0.2, -0.15) is 18.4 Å². The van der Waals surface area contributed by atoms with E-state index in [0.29, 0.717) is 11.3 Å². The molecule has 1 N–H and O–H groups in total. The molecular formula is C18H13F3N2O4. The maximum Gasteiger partial charge on any atom is 0.418 e. The highest BCUT2D eigenvalue weighted by molar-refractivity contribution is 5.93. The van der Waals surface area contributed by atoms with Gasteiger partial charge in [0.2, 0.25) is 0 Å². The number of nitriles is 1. The smallest absolute Gasteiger partial charge is 0.418 e. The molecule has 0 fully saturated rings. The van der Waals surface area contributed by atoms with Crippen molar-refractivity contribution in [3.8, 4) is 11.8 Å². The molecule has 0 radical (unpaired) electrons. The van der Waals surface area contributed by atoms with Gasteiger partial charge in [-0.3, -0.25) is 4.79 Å². The average Bonchev–Trinajstić information content (AvgIpc) is 2.64. The molecule has 0 spiro atoms. The number of nitrogens with zero attached hydrogens (tertiary/aromatic N) is 1. The Kier molecular flexibility index (Phi) is 6.38. The van der Waals surface area contributed by atoms with Crippen molar-refractivity contribution >= 4 is 17.6 Å². The van der Waals surface area contributed by atoms with Crippen molar-refractivity contribution in [2.75, 3.05) is 18.5 Å². The molecule has 0 atom stereocenters. The van der Waals surface area contributed by atoms with Gasteiger partial charge in [0.25, 0.3) is 5.91 Å². The number of esters is 1. The summed E-state index contributed by atoms with van der Waals surface area (Å²) in [5.41, 5.74) is -1.02. The second-order valence-electron chi connectivity index (χ2n) is 5.18. The monoisotopic (exact) mass is 378 g/mol. The predicted octanol–water partition coefficient (Wildman–Crippen LogP) is 3.14. The molecule has 0 heterocycles. The second-order valence-corrected chi connectivity index (χ2v) is 5.18. The molecule has 0 aliphatic carbocycles. The van der Waals surface area contributed by atoms with E-state index in [9.17, 15) is 22.8 Å². The van der Waals surface area contributed by atoms with Crippen LogP contribution < -0.4 is 10.1 Å². The Morgan fingerprint density at radius 3 is 2.33 bits per heavy atom. The topological polar surface area (TPSA) is 88.4 Å². The Balaban J connectivity index is 1.81. The van der Waals surface area contributed by atoms with E-state index in [1.165, 1.54) is 36.4 Å². The third-order valence-electron chi connectivity index (χ3n) is 3.21. The molecule has 0 bridgehead atoms. The van der Waals surface area contributed by atoms with Crippen molar-refractivity contribution in [2.24, 2.45) is 0 Å². The van der Waals surface area contributed by atoms with Gasteiger partial charge in [0.05, 0.1) is 22.9 Å². The number of alkyl halides is 3. The summed E-state index contributed by atoms with van der Waals surface area (Å²) < 4.78 is 48.3. The Labute approximate surface area is 152 Å². The number of ether oxygens (including phenoxy) is 2. The van der Waals surface area contributed by atoms with E-state index >= 15 is 0 Å². The fraction of sp³-hybridized carbons (Fsp3) is 0.167. The first-order chi connectivity index (χ1) is 12.8. The first-order valence-electron chi connectivity index (χ1n) is 7.54. The second kappa shape index (κ2) is 8.71. The zero-order valence-electron chi connectivity index (χ0n) is 13.7. The zero-order chi connectivity index (χ0) is 19.9. The first-order valence-corrected chi connectivity index (χ1v) is 7.54. The van der Waals surface area contributed by atoms with E-state index in [0.717, 1.165) is 12.1 Å². The Hall–Kier alpha value is -3.54. The van der Waals surface area contributed by atoms with Crippen LogP contribution >= 0.6 is 0 Å². The average molecular weight is 378 g/mol. The van der Waals surface area contributed by atoms with E-state index in [1.807, 2.05) is 6.07 Å². The number of hydrogen-bond donors (Lipinski definition) is 1. The lowest BCUT2D eigenvalue weighted by Crippen LogP contribution is -2.24. The molecule has 2 aromatic carbocycles. The van der Waals surface area contributed by atoms with Crippen LogP contribution in [0, 0.1) is 11.3 Å². The minimum atomic E-state index is -4.63. The number of benzene rings is 2. The maximum absolute atomic E-state index is 12.9. The molecule has 0 saturated heterocycles. The molecule has 140 valence electrons. The lowest BCUT2D eigenvalue weighted by molar-refractivity contribution is -0.149. The molecule has 6 nitrogen and oxygen atoms in total. The fourth-order valence-electron chi connectivity index (χ4n) is 1.98. The molecule has 0 aromatic heterocycles. The van der Waals surface area contributed by atoms with Crippen LogP contribution in [0.4, 0.5) is 18.9 Å². The minimum Gasteiger partial charge on any atom is -0.482 e. The quantitative estimate of drug-likeness (QED) is 0.780. The Morgan fingerprint density at radius 1 is 1.04 bits per heavy atom. The van der Waals surface area contributed by atoms with E-state index in [4.69, 9.17) is 10.00 Å². The zero-order valence-corrected chi connectivity index (χ0v) is 13.7. The number of anilines is 1. The Bertz CT molecular complexity index is 858. The summed E-state index contributed by atoms with van der Waals surface area (Å²) in [6.07, 6.45) is -4.63. The van der Waals surface area contributed by atoms with Gasteiger partial charge in [0.15, 0.2) is 13.2 Å². The molecule has 2 aromatic rings. The third-order valence-corrected chi connectivity index (χ3v) is 3.21. The van der Waals surface area contributed by atoms with Crippen LogP contribution in [0.15, 0.2) is 48.5 Å². The number of carbonyl (C=O) groups is 2. The van der Waals surface area contributed by atoms with Gasteiger partial charge >= 0.3 is 12.1 Å². The SMILES string of the molecule is N#Cc1ccc(OCC(=O)OCC(=O)Nc2ccccc2C(F)(F)F)cc1. The normalized spacial score (nSPS) is 10.6. The summed E-state index contributed by atoms with van der Waals surface area (Å²) in [7, 11) is 0. The summed E-state index contributed by atoms with van der Waals surface area (Å²) in [6.45, 7) is -1.26. The standard InChI is InChI=1S/C18H13F3N2O4/c19-18(20,21)14-3-1-2-4-15(14)23-16(24)10-27-17(25)11-26-13-7-5-12(9-22)6-8-13/h1-8H,10-11H2,(H,23,24). The molecule has 0 saturated carbocycles. The van der Waals surface area contributed by atoms with Crippen LogP contribution in [0.5, 0.6) is 5.75 Å². The number of nitrogens with one attached hydrogen (secondary N) is 1. The number of amides is 1. The Morgan fingerprint density at radius 2 is 1.70 bits per heavy atom. The van der Waals surface area contributed by atoms with Crippen molar-refractivity contribution < 1.29 is 32.2 Å². The van der Waals surface area contributed by atoms with Gasteiger partial charge in [-0.05, 0) is 36.4 Å². The van der Waals surface area contributed by atoms with Crippen LogP contribution in [0.1, 0.15) is 11.1 Å². The maximum atomic E-state index is 12.9. The number of carbonyl (C=O) groups excluding carboxylic acids is 2. The molecular weight excluding hydrogens is 365 g/mol. The molecule has 0 aliphatic rings. The third kappa shape index (κ3) is 6.04. The van der Waals surface area contributed by atoms with E-state index in [-0.39, 0.29) is 0 Å². The first kappa shape index (κ1) is 19.8. The van der Waals surface area contributed by atoms with Gasteiger partial charge in [0.1, 0.15) is 5.75 Å². The van der Waals surface area contributed by atoms with E-state index < -0.39 is 42.5 Å². The molecule has 2 rings (SSSR count). The van der Waals surface area contributed by atoms with Gasteiger partial charge < -0.3 is 14.8 Å². The largest absolute Gasteiger partial charge is 0.482 e. The van der Waals surface area contributed by atoms with E-state index in [1.54, 1.807) is 0 Å². The number of halogens is 3. The van der Waals surface area contributed by atoms with Crippen molar-refractivity contribution in [3.63, 3.8) is 0 Å². The highest BCUT2D eigenvalue weighted by Crippen LogP contribution is 2.34. The van der Waals surface area contributed by atoms with Crippen LogP contribution in [-0.2, 0) is 20.5 Å². The van der Waals surface area contributed by atoms with Crippen LogP contribution in [-0.4, -0.2) is 25.1 Å². The number of para-hydroxylation sites is 1. The summed E-state index contributed by atoms with van der Waals surface area (Å²) in [4.78, 5) is 23.3. The highest BCUT2D eigenvalue weighted by Gasteiger charge is 2.33. The van der Waals surface area contributed by atoms with Crippen LogP contribution in [0.2, 0.25) is 0 Å². The van der Waals surface area contributed by atoms with Gasteiger partial charge in [-0.15, -0.1) is 0 Å². The number of hydrogen-bond acceptors (Lipinski definition) is 5. The van der Waals surface area contributed by atoms with E-state index in [2.05, 4.69) is 10.1 Å². The van der Waals surface area contributed by atoms with Gasteiger partial charge in [-0.1, -0.05) is 12.1 Å². The summed E-state index contributed by atoms with van der Waals surface area (Å²) >= 11 is 0. The summed E-state index contributed by atoms with van der Waals surface area (Å²) in [6, 6.07) is 12.3. The van der Waals surface area contributed by atoms with Crippen molar-refractivity contribution in [1.29, 1.82) is 5.26 Å². The van der Waals surface area contributed by atoms with Gasteiger partial charge in [-0.25, -0.2) is 4.79 Å². The lowest BCUT2D eigenvalue weighted by Gasteiger charge is -2.13. The predicted molar refractivity (Wildman–Crippen MR) is 87.7 cm³/mol. The molecule has 9 heteroatoms. The van der Waals surface area contributed by atoms with Crippen molar-refractivity contribution in [1.82, 2.24) is 0 Å². The highest BCUT2D eigenvalue weighted by atomic mass is 19.4. The summed E-state index contributed by atoms with van der Waals surface area (Å²) in [5.74, 6) is -1.48. The molecule has 0 aliphatic heterocycles. The van der Waals surface area contributed by atoms with Crippen molar-refractivity contribution in [2.45, 2.75) is 6.18 Å². The minimum absolute atomic E-state index is 0.314. The lowest BCUT2D eigenvalue weighted by atomic mass is 10.1. The van der Waals surface area contributed by atoms with Crippen LogP contribution in [0.25, 0.3) is 0 Å². The fourth-order valence-corrected chi connectivity index (χ4v) is 1.98. The molecule has 1 amide bonds. The molecule has 0 unspecified atom stereocenters. The van der Waals surface area contributed by atoms with Crippen molar-refractivity contribution in [3.05, 3.63) is 59.7 Å².